The van der Waals surface area contributed by atoms with Crippen LogP contribution < -0.4 is 10.2 Å². The Morgan fingerprint density at radius 1 is 1.14 bits per heavy atom. The van der Waals surface area contributed by atoms with Crippen LogP contribution >= 0.6 is 0 Å². The first-order chi connectivity index (χ1) is 13.9. The minimum absolute atomic E-state index is 0.0347. The molecule has 152 valence electrons. The maximum atomic E-state index is 12.7. The predicted octanol–water partition coefficient (Wildman–Crippen LogP) is 3.36. The van der Waals surface area contributed by atoms with Crippen LogP contribution in [0, 0.1) is 0 Å². The van der Waals surface area contributed by atoms with E-state index in [1.807, 2.05) is 24.3 Å². The molecule has 1 atom stereocenters. The van der Waals surface area contributed by atoms with Gasteiger partial charge in [0, 0.05) is 31.9 Å². The van der Waals surface area contributed by atoms with Gasteiger partial charge in [0.15, 0.2) is 0 Å². The Morgan fingerprint density at radius 3 is 2.48 bits per heavy atom. The molecule has 7 heteroatoms. The maximum Gasteiger partial charge on any atom is 0.413 e. The summed E-state index contributed by atoms with van der Waals surface area (Å²) in [6, 6.07) is 14.6. The monoisotopic (exact) mass is 395 g/mol. The zero-order valence-electron chi connectivity index (χ0n) is 16.8. The van der Waals surface area contributed by atoms with Crippen LogP contribution in [-0.2, 0) is 20.7 Å². The topological polar surface area (TPSA) is 79.0 Å². The molecule has 0 radical (unpaired) electrons. The Morgan fingerprint density at radius 2 is 1.83 bits per heavy atom. The fourth-order valence-corrected chi connectivity index (χ4v) is 3.65. The van der Waals surface area contributed by atoms with Gasteiger partial charge in [0.05, 0.1) is 19.6 Å². The van der Waals surface area contributed by atoms with E-state index in [0.717, 1.165) is 12.0 Å². The molecule has 1 aliphatic heterocycles. The van der Waals surface area contributed by atoms with Crippen LogP contribution in [0.3, 0.4) is 0 Å². The van der Waals surface area contributed by atoms with E-state index in [1.54, 1.807) is 36.2 Å². The molecule has 1 heterocycles. The number of nitrogens with zero attached hydrogens (tertiary/aromatic N) is 2. The molecule has 0 aromatic heterocycles. The third-order valence-corrected chi connectivity index (χ3v) is 5.18. The normalized spacial score (nSPS) is 15.3. The fraction of sp³-hybridized carbons (Fsp3) is 0.318. The van der Waals surface area contributed by atoms with Crippen molar-refractivity contribution < 1.29 is 19.1 Å². The van der Waals surface area contributed by atoms with Crippen molar-refractivity contribution in [2.24, 2.45) is 0 Å². The van der Waals surface area contributed by atoms with Gasteiger partial charge in [-0.3, -0.25) is 14.5 Å². The number of amides is 3. The van der Waals surface area contributed by atoms with E-state index < -0.39 is 6.09 Å². The first kappa shape index (κ1) is 20.4. The van der Waals surface area contributed by atoms with E-state index >= 15 is 0 Å². The first-order valence-corrected chi connectivity index (χ1v) is 9.47. The number of hydrogen-bond donors (Lipinski definition) is 1. The summed E-state index contributed by atoms with van der Waals surface area (Å²) in [6.45, 7) is 2.15. The molecular formula is C22H25N3O4. The summed E-state index contributed by atoms with van der Waals surface area (Å²) < 4.78 is 4.69. The molecule has 1 N–H and O–H groups in total. The zero-order chi connectivity index (χ0) is 21.0. The largest absolute Gasteiger partial charge is 0.452 e. The molecule has 3 amide bonds. The Labute approximate surface area is 170 Å². The molecular weight excluding hydrogens is 370 g/mol. The summed E-state index contributed by atoms with van der Waals surface area (Å²) in [5.74, 6) is -0.209. The van der Waals surface area contributed by atoms with Gasteiger partial charge in [0.25, 0.3) is 0 Å². The second-order valence-corrected chi connectivity index (χ2v) is 7.01. The lowest BCUT2D eigenvalue weighted by molar-refractivity contribution is -0.132. The molecule has 0 bridgehead atoms. The number of anilines is 2. The molecule has 0 aliphatic carbocycles. The van der Waals surface area contributed by atoms with E-state index in [9.17, 15) is 14.4 Å². The second kappa shape index (κ2) is 8.77. The number of fused-ring (bicyclic) bond motifs is 1. The number of rotatable bonds is 4. The van der Waals surface area contributed by atoms with Crippen molar-refractivity contribution in [3.63, 3.8) is 0 Å². The summed E-state index contributed by atoms with van der Waals surface area (Å²) in [7, 11) is 2.93. The van der Waals surface area contributed by atoms with Crippen LogP contribution in [-0.4, -0.2) is 43.5 Å². The fourth-order valence-electron chi connectivity index (χ4n) is 3.65. The van der Waals surface area contributed by atoms with Crippen molar-refractivity contribution in [1.29, 1.82) is 0 Å². The highest BCUT2D eigenvalue weighted by molar-refractivity contribution is 5.92. The number of hydrogen-bond acceptors (Lipinski definition) is 4. The van der Waals surface area contributed by atoms with Crippen LogP contribution in [0.15, 0.2) is 48.5 Å². The Hall–Kier alpha value is -3.35. The molecule has 0 spiro atoms. The molecule has 0 saturated heterocycles. The summed E-state index contributed by atoms with van der Waals surface area (Å²) in [5.41, 5.74) is 3.48. The van der Waals surface area contributed by atoms with E-state index in [1.165, 1.54) is 24.5 Å². The second-order valence-electron chi connectivity index (χ2n) is 7.01. The number of methoxy groups -OCH3 is 1. The molecule has 3 rings (SSSR count). The highest BCUT2D eigenvalue weighted by Gasteiger charge is 2.30. The van der Waals surface area contributed by atoms with Crippen molar-refractivity contribution >= 4 is 29.3 Å². The smallest absolute Gasteiger partial charge is 0.413 e. The van der Waals surface area contributed by atoms with Gasteiger partial charge in [0.2, 0.25) is 11.8 Å². The van der Waals surface area contributed by atoms with E-state index in [0.29, 0.717) is 17.9 Å². The van der Waals surface area contributed by atoms with Gasteiger partial charge >= 0.3 is 6.09 Å². The predicted molar refractivity (Wildman–Crippen MR) is 111 cm³/mol. The lowest BCUT2D eigenvalue weighted by Gasteiger charge is -2.36. The number of ether oxygens (including phenoxy) is 1. The zero-order valence-corrected chi connectivity index (χ0v) is 16.8. The Kier molecular flexibility index (Phi) is 6.16. The molecule has 0 saturated carbocycles. The van der Waals surface area contributed by atoms with Gasteiger partial charge in [-0.15, -0.1) is 0 Å². The minimum Gasteiger partial charge on any atom is -0.452 e. The van der Waals surface area contributed by atoms with Gasteiger partial charge in [0.1, 0.15) is 0 Å². The minimum atomic E-state index is -0.470. The van der Waals surface area contributed by atoms with E-state index in [-0.39, 0.29) is 24.3 Å². The lowest BCUT2D eigenvalue weighted by Crippen LogP contribution is -2.40. The highest BCUT2D eigenvalue weighted by atomic mass is 16.5. The van der Waals surface area contributed by atoms with Crippen molar-refractivity contribution in [1.82, 2.24) is 4.90 Å². The van der Waals surface area contributed by atoms with Crippen molar-refractivity contribution in [3.05, 3.63) is 59.7 Å². The van der Waals surface area contributed by atoms with Crippen LogP contribution in [0.25, 0.3) is 0 Å². The Balaban J connectivity index is 1.71. The van der Waals surface area contributed by atoms with Gasteiger partial charge in [-0.1, -0.05) is 24.3 Å². The molecule has 2 aromatic rings. The maximum absolute atomic E-state index is 12.7. The van der Waals surface area contributed by atoms with Crippen LogP contribution in [0.2, 0.25) is 0 Å². The average Bonchev–Trinajstić information content (AvgIpc) is 2.73. The van der Waals surface area contributed by atoms with E-state index in [4.69, 9.17) is 0 Å². The van der Waals surface area contributed by atoms with Crippen molar-refractivity contribution in [3.8, 4) is 0 Å². The van der Waals surface area contributed by atoms with Gasteiger partial charge in [-0.25, -0.2) is 4.79 Å². The van der Waals surface area contributed by atoms with Crippen LogP contribution in [0.4, 0.5) is 16.2 Å². The van der Waals surface area contributed by atoms with Gasteiger partial charge in [-0.2, -0.15) is 0 Å². The molecule has 1 unspecified atom stereocenters. The lowest BCUT2D eigenvalue weighted by atomic mass is 9.90. The third-order valence-electron chi connectivity index (χ3n) is 5.18. The van der Waals surface area contributed by atoms with Crippen molar-refractivity contribution in [2.45, 2.75) is 25.8 Å². The molecule has 7 nitrogen and oxygen atoms in total. The molecule has 29 heavy (non-hydrogen) atoms. The Bertz CT molecular complexity index is 911. The van der Waals surface area contributed by atoms with Crippen LogP contribution in [0.1, 0.15) is 30.5 Å². The average molecular weight is 395 g/mol. The van der Waals surface area contributed by atoms with E-state index in [2.05, 4.69) is 10.1 Å². The summed E-state index contributed by atoms with van der Waals surface area (Å²) in [4.78, 5) is 39.5. The molecule has 1 aliphatic rings. The number of carbonyl (C=O) groups is 3. The SMILES string of the molecule is COC(=O)N(C)c1ccc(NC(=O)CC2c3ccccc3CCN2C(C)=O)cc1. The highest BCUT2D eigenvalue weighted by Crippen LogP contribution is 2.32. The standard InChI is InChI=1S/C22H25N3O4/c1-15(26)25-13-12-16-6-4-5-7-19(16)20(25)14-21(27)23-17-8-10-18(11-9-17)24(2)22(28)29-3/h4-11,20H,12-14H2,1-3H3,(H,23,27). The molecule has 0 fully saturated rings. The number of carbonyl (C=O) groups excluding carboxylic acids is 3. The van der Waals surface area contributed by atoms with Gasteiger partial charge in [-0.05, 0) is 41.8 Å². The summed E-state index contributed by atoms with van der Waals surface area (Å²) >= 11 is 0. The first-order valence-electron chi connectivity index (χ1n) is 9.47. The number of benzene rings is 2. The summed E-state index contributed by atoms with van der Waals surface area (Å²) in [5, 5.41) is 2.88. The number of nitrogens with one attached hydrogen (secondary N) is 1. The van der Waals surface area contributed by atoms with Gasteiger partial charge < -0.3 is 15.0 Å². The quantitative estimate of drug-likeness (QED) is 0.861. The van der Waals surface area contributed by atoms with Crippen molar-refractivity contribution in [2.75, 3.05) is 30.9 Å². The summed E-state index contributed by atoms with van der Waals surface area (Å²) in [6.07, 6.45) is 0.505. The third kappa shape index (κ3) is 4.56. The van der Waals surface area contributed by atoms with Crippen LogP contribution in [0.5, 0.6) is 0 Å². The molecule has 2 aromatic carbocycles.